The lowest BCUT2D eigenvalue weighted by atomic mass is 10.1. The topological polar surface area (TPSA) is 41.9 Å². The van der Waals surface area contributed by atoms with Gasteiger partial charge in [0, 0.05) is 6.54 Å². The zero-order valence-corrected chi connectivity index (χ0v) is 17.7. The van der Waals surface area contributed by atoms with Gasteiger partial charge in [0.25, 0.3) is 0 Å². The van der Waals surface area contributed by atoms with E-state index in [0.717, 1.165) is 25.9 Å². The molecule has 0 fully saturated rings. The van der Waals surface area contributed by atoms with E-state index in [1.807, 2.05) is 4.90 Å². The molecule has 1 rings (SSSR count). The van der Waals surface area contributed by atoms with Crippen LogP contribution >= 0.6 is 0 Å². The Morgan fingerprint density at radius 3 is 2.11 bits per heavy atom. The predicted octanol–water partition coefficient (Wildman–Crippen LogP) is 5.91. The van der Waals surface area contributed by atoms with Crippen LogP contribution in [0.15, 0.2) is 17.1 Å². The lowest BCUT2D eigenvalue weighted by molar-refractivity contribution is -0.144. The Labute approximate surface area is 167 Å². The van der Waals surface area contributed by atoms with Crippen molar-refractivity contribution >= 4 is 12.3 Å². The van der Waals surface area contributed by atoms with Crippen LogP contribution in [0.25, 0.3) is 0 Å². The number of nitrogens with zero attached hydrogens (tertiary/aromatic N) is 2. The first-order valence-electron chi connectivity index (χ1n) is 11.4. The third kappa shape index (κ3) is 15.4. The molecule has 27 heavy (non-hydrogen) atoms. The molecule has 0 aliphatic carbocycles. The number of aliphatic imine (C=N–C) groups is 1. The Morgan fingerprint density at radius 1 is 0.926 bits per heavy atom. The molecule has 0 atom stereocenters. The van der Waals surface area contributed by atoms with E-state index in [1.165, 1.54) is 77.0 Å². The van der Waals surface area contributed by atoms with E-state index in [0.29, 0.717) is 13.2 Å². The van der Waals surface area contributed by atoms with Gasteiger partial charge < -0.3 is 9.64 Å². The first-order chi connectivity index (χ1) is 13.3. The lowest BCUT2D eigenvalue weighted by Gasteiger charge is -2.12. The van der Waals surface area contributed by atoms with E-state index >= 15 is 0 Å². The van der Waals surface area contributed by atoms with Crippen LogP contribution in [0.3, 0.4) is 0 Å². The molecule has 0 saturated carbocycles. The molecule has 0 aromatic heterocycles. The highest BCUT2D eigenvalue weighted by Crippen LogP contribution is 2.10. The molecule has 4 heteroatoms. The molecule has 0 radical (unpaired) electrons. The Morgan fingerprint density at radius 2 is 1.52 bits per heavy atom. The number of rotatable bonds is 18. The van der Waals surface area contributed by atoms with Crippen molar-refractivity contribution < 1.29 is 9.53 Å². The van der Waals surface area contributed by atoms with Gasteiger partial charge in [0.05, 0.1) is 19.5 Å². The number of esters is 1. The summed E-state index contributed by atoms with van der Waals surface area (Å²) in [5.41, 5.74) is 0. The first-order valence-corrected chi connectivity index (χ1v) is 11.4. The number of allylic oxidation sites excluding steroid dienone is 2. The van der Waals surface area contributed by atoms with Gasteiger partial charge in [0.1, 0.15) is 6.54 Å². The SMILES string of the molecule is CCCCCCCC/C=C\CCCCCCCCOC(=O)CN1C=NCC1. The van der Waals surface area contributed by atoms with Crippen LogP contribution in [0.1, 0.15) is 96.8 Å². The molecular weight excluding hydrogens is 336 g/mol. The minimum Gasteiger partial charge on any atom is -0.464 e. The highest BCUT2D eigenvalue weighted by atomic mass is 16.5. The molecular formula is C23H42N2O2. The molecule has 0 unspecified atom stereocenters. The quantitative estimate of drug-likeness (QED) is 0.169. The van der Waals surface area contributed by atoms with E-state index in [4.69, 9.17) is 4.74 Å². The lowest BCUT2D eigenvalue weighted by Crippen LogP contribution is -2.28. The van der Waals surface area contributed by atoms with Crippen LogP contribution in [0.4, 0.5) is 0 Å². The van der Waals surface area contributed by atoms with Gasteiger partial charge in [0.2, 0.25) is 0 Å². The summed E-state index contributed by atoms with van der Waals surface area (Å²) in [6.07, 6.45) is 24.6. The van der Waals surface area contributed by atoms with Gasteiger partial charge in [-0.05, 0) is 32.1 Å². The van der Waals surface area contributed by atoms with Crippen molar-refractivity contribution in [2.75, 3.05) is 26.2 Å². The van der Waals surface area contributed by atoms with E-state index in [-0.39, 0.29) is 5.97 Å². The zero-order chi connectivity index (χ0) is 19.4. The second-order valence-electron chi connectivity index (χ2n) is 7.65. The highest BCUT2D eigenvalue weighted by molar-refractivity contribution is 5.75. The Hall–Kier alpha value is -1.32. The molecule has 0 aromatic rings. The molecule has 4 nitrogen and oxygen atoms in total. The average Bonchev–Trinajstić information content (AvgIpc) is 3.17. The van der Waals surface area contributed by atoms with Crippen molar-refractivity contribution in [2.45, 2.75) is 96.8 Å². The maximum Gasteiger partial charge on any atom is 0.325 e. The molecule has 156 valence electrons. The normalized spacial score (nSPS) is 13.7. The van der Waals surface area contributed by atoms with Crippen LogP contribution in [0, 0.1) is 0 Å². The monoisotopic (exact) mass is 378 g/mol. The number of ether oxygens (including phenoxy) is 1. The van der Waals surface area contributed by atoms with Crippen molar-refractivity contribution in [2.24, 2.45) is 4.99 Å². The summed E-state index contributed by atoms with van der Waals surface area (Å²) in [4.78, 5) is 17.6. The number of hydrogen-bond acceptors (Lipinski definition) is 4. The summed E-state index contributed by atoms with van der Waals surface area (Å²) in [7, 11) is 0. The average molecular weight is 379 g/mol. The summed E-state index contributed by atoms with van der Waals surface area (Å²) in [6, 6.07) is 0. The zero-order valence-electron chi connectivity index (χ0n) is 17.7. The molecule has 0 saturated heterocycles. The maximum atomic E-state index is 11.6. The number of unbranched alkanes of at least 4 members (excludes halogenated alkanes) is 12. The minimum atomic E-state index is -0.129. The van der Waals surface area contributed by atoms with Crippen LogP contribution in [-0.4, -0.2) is 43.4 Å². The Bertz CT molecular complexity index is 407. The molecule has 0 spiro atoms. The number of carbonyl (C=O) groups excluding carboxylic acids is 1. The van der Waals surface area contributed by atoms with Crippen molar-refractivity contribution in [3.05, 3.63) is 12.2 Å². The Balaban J connectivity index is 1.74. The van der Waals surface area contributed by atoms with Crippen LogP contribution < -0.4 is 0 Å². The molecule has 0 N–H and O–H groups in total. The first kappa shape index (κ1) is 23.7. The van der Waals surface area contributed by atoms with Crippen molar-refractivity contribution in [1.82, 2.24) is 4.90 Å². The maximum absolute atomic E-state index is 11.6. The van der Waals surface area contributed by atoms with Crippen LogP contribution in [-0.2, 0) is 9.53 Å². The van der Waals surface area contributed by atoms with Crippen molar-refractivity contribution in [1.29, 1.82) is 0 Å². The second-order valence-corrected chi connectivity index (χ2v) is 7.65. The standard InChI is InChI=1S/C23H42N2O2/c1-2-3-4-5-6-7-8-9-10-11-12-13-14-15-16-17-20-27-23(26)21-25-19-18-24-22-25/h9-10,22H,2-8,11-21H2,1H3/b10-9-. The van der Waals surface area contributed by atoms with Gasteiger partial charge in [-0.25, -0.2) is 0 Å². The minimum absolute atomic E-state index is 0.129. The smallest absolute Gasteiger partial charge is 0.325 e. The van der Waals surface area contributed by atoms with Gasteiger partial charge in [-0.2, -0.15) is 0 Å². The van der Waals surface area contributed by atoms with Crippen molar-refractivity contribution in [3.8, 4) is 0 Å². The van der Waals surface area contributed by atoms with E-state index in [1.54, 1.807) is 6.34 Å². The third-order valence-corrected chi connectivity index (χ3v) is 5.01. The van der Waals surface area contributed by atoms with E-state index < -0.39 is 0 Å². The van der Waals surface area contributed by atoms with Gasteiger partial charge in [-0.1, -0.05) is 76.9 Å². The highest BCUT2D eigenvalue weighted by Gasteiger charge is 2.11. The third-order valence-electron chi connectivity index (χ3n) is 5.01. The fourth-order valence-corrected chi connectivity index (χ4v) is 3.28. The second kappa shape index (κ2) is 18.1. The fraction of sp³-hybridized carbons (Fsp3) is 0.826. The van der Waals surface area contributed by atoms with Gasteiger partial charge in [-0.15, -0.1) is 0 Å². The van der Waals surface area contributed by atoms with Gasteiger partial charge in [-0.3, -0.25) is 9.79 Å². The molecule has 1 aliphatic rings. The van der Waals surface area contributed by atoms with Crippen molar-refractivity contribution in [3.63, 3.8) is 0 Å². The summed E-state index contributed by atoms with van der Waals surface area (Å²) < 4.78 is 5.27. The van der Waals surface area contributed by atoms with E-state index in [9.17, 15) is 4.79 Å². The molecule has 1 heterocycles. The largest absolute Gasteiger partial charge is 0.464 e. The van der Waals surface area contributed by atoms with E-state index in [2.05, 4.69) is 24.1 Å². The predicted molar refractivity (Wildman–Crippen MR) is 115 cm³/mol. The Kier molecular flexibility index (Phi) is 15.9. The molecule has 0 amide bonds. The van der Waals surface area contributed by atoms with Gasteiger partial charge >= 0.3 is 5.97 Å². The summed E-state index contributed by atoms with van der Waals surface area (Å²) in [6.45, 7) is 4.80. The van der Waals surface area contributed by atoms with Crippen LogP contribution in [0.5, 0.6) is 0 Å². The fourth-order valence-electron chi connectivity index (χ4n) is 3.28. The summed E-state index contributed by atoms with van der Waals surface area (Å²) in [5, 5.41) is 0. The summed E-state index contributed by atoms with van der Waals surface area (Å²) in [5.74, 6) is -0.129. The summed E-state index contributed by atoms with van der Waals surface area (Å²) >= 11 is 0. The van der Waals surface area contributed by atoms with Crippen LogP contribution in [0.2, 0.25) is 0 Å². The molecule has 0 bridgehead atoms. The molecule has 0 aromatic carbocycles. The number of hydrogen-bond donors (Lipinski definition) is 0. The number of carbonyl (C=O) groups is 1. The molecule has 1 aliphatic heterocycles. The van der Waals surface area contributed by atoms with Gasteiger partial charge in [0.15, 0.2) is 0 Å².